The third kappa shape index (κ3) is 3.38. The predicted octanol–water partition coefficient (Wildman–Crippen LogP) is 4.99. The van der Waals surface area contributed by atoms with E-state index in [9.17, 15) is 9.59 Å². The summed E-state index contributed by atoms with van der Waals surface area (Å²) in [5, 5.41) is 2.88. The maximum Gasteiger partial charge on any atom is 0.261 e. The van der Waals surface area contributed by atoms with Gasteiger partial charge in [-0.25, -0.2) is 0 Å². The normalized spacial score (nSPS) is 16.6. The first-order chi connectivity index (χ1) is 13.2. The average Bonchev–Trinajstić information content (AvgIpc) is 3.22. The van der Waals surface area contributed by atoms with Crippen molar-refractivity contribution in [2.24, 2.45) is 0 Å². The molecular formula is C22H25BrN2O2. The topological polar surface area (TPSA) is 40.6 Å². The van der Waals surface area contributed by atoms with Gasteiger partial charge in [0, 0.05) is 52.6 Å². The zero-order valence-electron chi connectivity index (χ0n) is 15.5. The molecule has 0 aliphatic carbocycles. The summed E-state index contributed by atoms with van der Waals surface area (Å²) in [5.41, 5.74) is 2.49. The Morgan fingerprint density at radius 3 is 2.30 bits per heavy atom. The number of carbonyl (C=O) groups excluding carboxylic acids is 2. The number of hydrogen-bond acceptors (Lipinski definition) is 3. The summed E-state index contributed by atoms with van der Waals surface area (Å²) in [4.78, 5) is 29.9. The summed E-state index contributed by atoms with van der Waals surface area (Å²) in [7, 11) is 0. The first-order valence-corrected chi connectivity index (χ1v) is 11.1. The van der Waals surface area contributed by atoms with Gasteiger partial charge in [0.1, 0.15) is 0 Å². The monoisotopic (exact) mass is 428 g/mol. The van der Waals surface area contributed by atoms with Gasteiger partial charge in [-0.1, -0.05) is 40.9 Å². The number of hydrogen-bond donors (Lipinski definition) is 0. The molecule has 0 bridgehead atoms. The second-order valence-electron chi connectivity index (χ2n) is 7.42. The molecule has 5 heteroatoms. The Hall–Kier alpha value is -1.88. The Kier molecular flexibility index (Phi) is 5.48. The van der Waals surface area contributed by atoms with Gasteiger partial charge in [-0.15, -0.1) is 0 Å². The SMILES string of the molecule is O=C1c2cccc3c(N4CCCC4)ccc(c23)C(=O)N1CCCCCCBr. The summed E-state index contributed by atoms with van der Waals surface area (Å²) >= 11 is 3.44. The molecule has 2 aromatic carbocycles. The van der Waals surface area contributed by atoms with Crippen LogP contribution in [0.5, 0.6) is 0 Å². The van der Waals surface area contributed by atoms with Crippen molar-refractivity contribution < 1.29 is 9.59 Å². The van der Waals surface area contributed by atoms with Crippen LogP contribution >= 0.6 is 15.9 Å². The first kappa shape index (κ1) is 18.5. The number of unbranched alkanes of at least 4 members (excludes halogenated alkanes) is 3. The van der Waals surface area contributed by atoms with Crippen LogP contribution in [-0.4, -0.2) is 41.7 Å². The molecule has 0 saturated carbocycles. The van der Waals surface area contributed by atoms with Crippen LogP contribution in [0.4, 0.5) is 5.69 Å². The molecule has 1 fully saturated rings. The molecule has 2 aliphatic heterocycles. The number of imide groups is 1. The number of benzene rings is 2. The van der Waals surface area contributed by atoms with E-state index in [2.05, 4.69) is 26.9 Å². The molecule has 2 aliphatic rings. The Balaban J connectivity index is 1.66. The lowest BCUT2D eigenvalue weighted by atomic mass is 9.92. The second-order valence-corrected chi connectivity index (χ2v) is 8.21. The van der Waals surface area contributed by atoms with Crippen molar-refractivity contribution in [3.63, 3.8) is 0 Å². The fourth-order valence-electron chi connectivity index (χ4n) is 4.29. The minimum atomic E-state index is -0.142. The van der Waals surface area contributed by atoms with E-state index in [1.54, 1.807) is 0 Å². The first-order valence-electron chi connectivity index (χ1n) is 9.95. The summed E-state index contributed by atoms with van der Waals surface area (Å²) in [6.07, 6.45) is 6.54. The zero-order valence-corrected chi connectivity index (χ0v) is 17.1. The van der Waals surface area contributed by atoms with Gasteiger partial charge in [-0.05, 0) is 43.9 Å². The molecule has 0 N–H and O–H groups in total. The number of halogens is 1. The molecule has 0 unspecified atom stereocenters. The third-order valence-corrected chi connectivity index (χ3v) is 6.24. The maximum absolute atomic E-state index is 13.1. The lowest BCUT2D eigenvalue weighted by Gasteiger charge is -2.29. The quantitative estimate of drug-likeness (QED) is 0.354. The molecule has 0 aromatic heterocycles. The number of amides is 2. The molecule has 2 aromatic rings. The van der Waals surface area contributed by atoms with Crippen LogP contribution in [0.2, 0.25) is 0 Å². The summed E-state index contributed by atoms with van der Waals surface area (Å²) in [6.45, 7) is 2.59. The van der Waals surface area contributed by atoms with Gasteiger partial charge >= 0.3 is 0 Å². The van der Waals surface area contributed by atoms with Crippen LogP contribution in [0.25, 0.3) is 10.8 Å². The minimum Gasteiger partial charge on any atom is -0.371 e. The van der Waals surface area contributed by atoms with Crippen LogP contribution in [0.15, 0.2) is 30.3 Å². The number of carbonyl (C=O) groups is 2. The average molecular weight is 429 g/mol. The maximum atomic E-state index is 13.1. The van der Waals surface area contributed by atoms with E-state index in [1.165, 1.54) is 17.7 Å². The van der Waals surface area contributed by atoms with E-state index >= 15 is 0 Å². The molecular weight excluding hydrogens is 404 g/mol. The van der Waals surface area contributed by atoms with Crippen molar-refractivity contribution in [1.82, 2.24) is 4.90 Å². The van der Waals surface area contributed by atoms with E-state index in [0.29, 0.717) is 17.7 Å². The number of anilines is 1. The van der Waals surface area contributed by atoms with Crippen molar-refractivity contribution >= 4 is 44.2 Å². The third-order valence-electron chi connectivity index (χ3n) is 5.68. The fourth-order valence-corrected chi connectivity index (χ4v) is 4.68. The van der Waals surface area contributed by atoms with Gasteiger partial charge in [0.2, 0.25) is 0 Å². The van der Waals surface area contributed by atoms with E-state index in [0.717, 1.165) is 60.6 Å². The summed E-state index contributed by atoms with van der Waals surface area (Å²) in [5.74, 6) is -0.283. The van der Waals surface area contributed by atoms with Gasteiger partial charge in [0.15, 0.2) is 0 Å². The van der Waals surface area contributed by atoms with Crippen LogP contribution in [-0.2, 0) is 0 Å². The molecule has 0 spiro atoms. The van der Waals surface area contributed by atoms with E-state index in [4.69, 9.17) is 0 Å². The van der Waals surface area contributed by atoms with Crippen LogP contribution < -0.4 is 4.90 Å². The van der Waals surface area contributed by atoms with Crippen molar-refractivity contribution in [3.8, 4) is 0 Å². The van der Waals surface area contributed by atoms with Crippen LogP contribution in [0.1, 0.15) is 59.2 Å². The lowest BCUT2D eigenvalue weighted by molar-refractivity contribution is 0.0608. The summed E-state index contributed by atoms with van der Waals surface area (Å²) < 4.78 is 0. The van der Waals surface area contributed by atoms with Gasteiger partial charge in [-0.2, -0.15) is 0 Å². The molecule has 27 heavy (non-hydrogen) atoms. The largest absolute Gasteiger partial charge is 0.371 e. The minimum absolute atomic E-state index is 0.142. The molecule has 0 atom stereocenters. The highest BCUT2D eigenvalue weighted by Gasteiger charge is 2.33. The smallest absolute Gasteiger partial charge is 0.261 e. The molecule has 0 radical (unpaired) electrons. The number of nitrogens with zero attached hydrogens (tertiary/aromatic N) is 2. The van der Waals surface area contributed by atoms with Crippen molar-refractivity contribution in [2.75, 3.05) is 29.9 Å². The predicted molar refractivity (Wildman–Crippen MR) is 113 cm³/mol. The Morgan fingerprint density at radius 1 is 0.852 bits per heavy atom. The van der Waals surface area contributed by atoms with Crippen LogP contribution in [0.3, 0.4) is 0 Å². The number of rotatable bonds is 7. The lowest BCUT2D eigenvalue weighted by Crippen LogP contribution is -2.41. The highest BCUT2D eigenvalue weighted by atomic mass is 79.9. The zero-order chi connectivity index (χ0) is 18.8. The molecule has 2 heterocycles. The number of alkyl halides is 1. The van der Waals surface area contributed by atoms with Crippen molar-refractivity contribution in [3.05, 3.63) is 41.5 Å². The van der Waals surface area contributed by atoms with Gasteiger partial charge < -0.3 is 4.90 Å². The van der Waals surface area contributed by atoms with Gasteiger partial charge in [0.25, 0.3) is 11.8 Å². The molecule has 2 amide bonds. The standard InChI is InChI=1S/C22H25BrN2O2/c23-12-3-1-2-4-15-25-21(26)17-9-7-8-16-19(24-13-5-6-14-24)11-10-18(20(16)17)22(25)27/h7-11H,1-6,12-15H2. The Bertz CT molecular complexity index is 852. The molecule has 4 nitrogen and oxygen atoms in total. The Labute approximate surface area is 168 Å². The van der Waals surface area contributed by atoms with Crippen molar-refractivity contribution in [2.45, 2.75) is 38.5 Å². The Morgan fingerprint density at radius 2 is 1.56 bits per heavy atom. The van der Waals surface area contributed by atoms with E-state index < -0.39 is 0 Å². The molecule has 1 saturated heterocycles. The summed E-state index contributed by atoms with van der Waals surface area (Å²) in [6, 6.07) is 9.85. The second kappa shape index (κ2) is 8.01. The molecule has 4 rings (SSSR count). The van der Waals surface area contributed by atoms with Crippen molar-refractivity contribution in [1.29, 1.82) is 0 Å². The van der Waals surface area contributed by atoms with E-state index in [-0.39, 0.29) is 11.8 Å². The van der Waals surface area contributed by atoms with Gasteiger partial charge in [0.05, 0.1) is 0 Å². The highest BCUT2D eigenvalue weighted by molar-refractivity contribution is 9.09. The van der Waals surface area contributed by atoms with Crippen LogP contribution in [0, 0.1) is 0 Å². The van der Waals surface area contributed by atoms with Gasteiger partial charge in [-0.3, -0.25) is 14.5 Å². The van der Waals surface area contributed by atoms with E-state index in [1.807, 2.05) is 24.3 Å². The highest BCUT2D eigenvalue weighted by Crippen LogP contribution is 2.37. The molecule has 142 valence electrons. The fraction of sp³-hybridized carbons (Fsp3) is 0.455.